The van der Waals surface area contributed by atoms with Crippen molar-refractivity contribution in [2.24, 2.45) is 7.05 Å². The number of aromatic nitrogens is 2. The van der Waals surface area contributed by atoms with Gasteiger partial charge in [0, 0.05) is 19.8 Å². The van der Waals surface area contributed by atoms with Gasteiger partial charge in [0.25, 0.3) is 0 Å². The zero-order valence-electron chi connectivity index (χ0n) is 11.8. The highest BCUT2D eigenvalue weighted by molar-refractivity contribution is 5.70. The molecule has 5 heteroatoms. The summed E-state index contributed by atoms with van der Waals surface area (Å²) in [5, 5.41) is 16.6. The molecular weight excluding hydrogens is 254 g/mol. The molecule has 0 aliphatic heterocycles. The molecule has 1 aromatic heterocycles. The number of aryl methyl sites for hydroxylation is 2. The minimum absolute atomic E-state index is 0.0472. The number of hydrogen-bond acceptors (Lipinski definition) is 3. The monoisotopic (exact) mass is 273 g/mol. The summed E-state index contributed by atoms with van der Waals surface area (Å²) in [4.78, 5) is 10.9. The van der Waals surface area contributed by atoms with Crippen LogP contribution in [-0.2, 0) is 31.2 Å². The molecule has 2 N–H and O–H groups in total. The van der Waals surface area contributed by atoms with Gasteiger partial charge in [0.05, 0.1) is 17.8 Å². The van der Waals surface area contributed by atoms with Gasteiger partial charge in [0.1, 0.15) is 0 Å². The second-order valence-electron chi connectivity index (χ2n) is 4.71. The van der Waals surface area contributed by atoms with Crippen molar-refractivity contribution in [3.8, 4) is 0 Å². The van der Waals surface area contributed by atoms with Crippen molar-refractivity contribution in [2.45, 2.75) is 26.3 Å². The van der Waals surface area contributed by atoms with Crippen LogP contribution in [0.1, 0.15) is 23.7 Å². The molecule has 0 saturated carbocycles. The molecule has 0 spiro atoms. The van der Waals surface area contributed by atoms with Crippen LogP contribution in [0.2, 0.25) is 0 Å². The molecular formula is C15H19N3O2. The molecule has 0 radical (unpaired) electrons. The van der Waals surface area contributed by atoms with Crippen molar-refractivity contribution >= 4 is 11.7 Å². The Labute approximate surface area is 118 Å². The molecule has 0 unspecified atom stereocenters. The summed E-state index contributed by atoms with van der Waals surface area (Å²) in [6, 6.07) is 7.60. The van der Waals surface area contributed by atoms with Gasteiger partial charge in [0.15, 0.2) is 0 Å². The maximum Gasteiger partial charge on any atom is 0.307 e. The summed E-state index contributed by atoms with van der Waals surface area (Å²) >= 11 is 0. The van der Waals surface area contributed by atoms with Gasteiger partial charge < -0.3 is 10.4 Å². The molecule has 0 aliphatic rings. The van der Waals surface area contributed by atoms with Gasteiger partial charge in [0.2, 0.25) is 0 Å². The van der Waals surface area contributed by atoms with Crippen LogP contribution in [0.3, 0.4) is 0 Å². The Kier molecular flexibility index (Phi) is 4.40. The van der Waals surface area contributed by atoms with Crippen molar-refractivity contribution in [1.82, 2.24) is 9.78 Å². The number of nitrogens with zero attached hydrogens (tertiary/aromatic N) is 2. The Morgan fingerprint density at radius 3 is 2.70 bits per heavy atom. The number of hydrogen-bond donors (Lipinski definition) is 2. The minimum Gasteiger partial charge on any atom is -0.481 e. The Hall–Kier alpha value is -2.30. The van der Waals surface area contributed by atoms with Gasteiger partial charge >= 0.3 is 5.97 Å². The van der Waals surface area contributed by atoms with Gasteiger partial charge in [-0.05, 0) is 17.5 Å². The molecule has 1 aromatic carbocycles. The summed E-state index contributed by atoms with van der Waals surface area (Å²) in [6.45, 7) is 2.66. The third-order valence-electron chi connectivity index (χ3n) is 3.17. The van der Waals surface area contributed by atoms with Crippen LogP contribution in [0.25, 0.3) is 0 Å². The van der Waals surface area contributed by atoms with E-state index in [1.54, 1.807) is 4.68 Å². The molecule has 5 nitrogen and oxygen atoms in total. The van der Waals surface area contributed by atoms with E-state index in [4.69, 9.17) is 5.11 Å². The molecule has 0 amide bonds. The number of carboxylic acids is 1. The standard InChI is InChI=1S/C15H19N3O2/c1-3-13-14(10-18(2)17-13)16-9-12-7-5-4-6-11(12)8-15(19)20/h4-7,10,16H,3,8-9H2,1-2H3,(H,19,20). The number of anilines is 1. The first-order valence-electron chi connectivity index (χ1n) is 6.65. The van der Waals surface area contributed by atoms with E-state index in [2.05, 4.69) is 17.3 Å². The predicted octanol–water partition coefficient (Wildman–Crippen LogP) is 2.22. The van der Waals surface area contributed by atoms with E-state index < -0.39 is 5.97 Å². The lowest BCUT2D eigenvalue weighted by atomic mass is 10.0. The number of carbonyl (C=O) groups is 1. The predicted molar refractivity (Wildman–Crippen MR) is 77.7 cm³/mol. The van der Waals surface area contributed by atoms with E-state index >= 15 is 0 Å². The highest BCUT2D eigenvalue weighted by atomic mass is 16.4. The Bertz CT molecular complexity index is 605. The number of carboxylic acid groups (broad SMARTS) is 1. The first-order chi connectivity index (χ1) is 9.60. The summed E-state index contributed by atoms with van der Waals surface area (Å²) in [7, 11) is 1.89. The summed E-state index contributed by atoms with van der Waals surface area (Å²) in [5.74, 6) is -0.812. The molecule has 0 aliphatic carbocycles. The Balaban J connectivity index is 2.12. The molecule has 106 valence electrons. The van der Waals surface area contributed by atoms with Gasteiger partial charge in [-0.2, -0.15) is 5.10 Å². The van der Waals surface area contributed by atoms with Gasteiger partial charge in [-0.25, -0.2) is 0 Å². The molecule has 0 fully saturated rings. The van der Waals surface area contributed by atoms with Gasteiger partial charge in [-0.15, -0.1) is 0 Å². The van der Waals surface area contributed by atoms with Gasteiger partial charge in [-0.3, -0.25) is 9.48 Å². The normalized spacial score (nSPS) is 10.5. The molecule has 2 rings (SSSR count). The Morgan fingerprint density at radius 1 is 1.35 bits per heavy atom. The van der Waals surface area contributed by atoms with Crippen LogP contribution in [-0.4, -0.2) is 20.9 Å². The van der Waals surface area contributed by atoms with E-state index in [0.717, 1.165) is 28.9 Å². The van der Waals surface area contributed by atoms with Crippen LogP contribution in [0.15, 0.2) is 30.5 Å². The van der Waals surface area contributed by atoms with E-state index in [9.17, 15) is 4.79 Å². The maximum atomic E-state index is 10.9. The summed E-state index contributed by atoms with van der Waals surface area (Å²) in [6.07, 6.45) is 2.85. The number of rotatable bonds is 6. The largest absolute Gasteiger partial charge is 0.481 e. The van der Waals surface area contributed by atoms with Crippen LogP contribution >= 0.6 is 0 Å². The zero-order chi connectivity index (χ0) is 14.5. The zero-order valence-corrected chi connectivity index (χ0v) is 11.8. The SMILES string of the molecule is CCc1nn(C)cc1NCc1ccccc1CC(=O)O. The summed E-state index contributed by atoms with van der Waals surface area (Å²) < 4.78 is 1.78. The molecule has 0 atom stereocenters. The molecule has 20 heavy (non-hydrogen) atoms. The molecule has 2 aromatic rings. The first kappa shape index (κ1) is 14.1. The number of benzene rings is 1. The Morgan fingerprint density at radius 2 is 2.05 bits per heavy atom. The molecule has 1 heterocycles. The lowest BCUT2D eigenvalue weighted by molar-refractivity contribution is -0.136. The quantitative estimate of drug-likeness (QED) is 0.847. The number of aliphatic carboxylic acids is 1. The van der Waals surface area contributed by atoms with Crippen LogP contribution in [0.5, 0.6) is 0 Å². The van der Waals surface area contributed by atoms with Crippen molar-refractivity contribution in [1.29, 1.82) is 0 Å². The van der Waals surface area contributed by atoms with E-state index in [1.807, 2.05) is 37.5 Å². The van der Waals surface area contributed by atoms with Crippen molar-refractivity contribution in [2.75, 3.05) is 5.32 Å². The fourth-order valence-corrected chi connectivity index (χ4v) is 2.20. The number of nitrogens with one attached hydrogen (secondary N) is 1. The second kappa shape index (κ2) is 6.23. The molecule has 0 saturated heterocycles. The minimum atomic E-state index is -0.812. The average Bonchev–Trinajstić information content (AvgIpc) is 2.77. The van der Waals surface area contributed by atoms with Gasteiger partial charge in [-0.1, -0.05) is 31.2 Å². The van der Waals surface area contributed by atoms with Crippen LogP contribution < -0.4 is 5.32 Å². The average molecular weight is 273 g/mol. The highest BCUT2D eigenvalue weighted by Crippen LogP contribution is 2.17. The lowest BCUT2D eigenvalue weighted by Gasteiger charge is -2.09. The van der Waals surface area contributed by atoms with Crippen LogP contribution in [0.4, 0.5) is 5.69 Å². The van der Waals surface area contributed by atoms with Crippen LogP contribution in [0, 0.1) is 0 Å². The van der Waals surface area contributed by atoms with E-state index in [1.165, 1.54) is 0 Å². The van der Waals surface area contributed by atoms with E-state index in [0.29, 0.717) is 6.54 Å². The second-order valence-corrected chi connectivity index (χ2v) is 4.71. The maximum absolute atomic E-state index is 10.9. The van der Waals surface area contributed by atoms with E-state index in [-0.39, 0.29) is 6.42 Å². The first-order valence-corrected chi connectivity index (χ1v) is 6.65. The third-order valence-corrected chi connectivity index (χ3v) is 3.17. The molecule has 0 bridgehead atoms. The summed E-state index contributed by atoms with van der Waals surface area (Å²) in [5.41, 5.74) is 3.86. The van der Waals surface area contributed by atoms with Crippen molar-refractivity contribution in [3.05, 3.63) is 47.3 Å². The fourth-order valence-electron chi connectivity index (χ4n) is 2.20. The fraction of sp³-hybridized carbons (Fsp3) is 0.333. The topological polar surface area (TPSA) is 67.2 Å². The highest BCUT2D eigenvalue weighted by Gasteiger charge is 2.08. The lowest BCUT2D eigenvalue weighted by Crippen LogP contribution is -2.07. The van der Waals surface area contributed by atoms with Crippen molar-refractivity contribution < 1.29 is 9.90 Å². The smallest absolute Gasteiger partial charge is 0.307 e. The third kappa shape index (κ3) is 3.38. The van der Waals surface area contributed by atoms with Crippen molar-refractivity contribution in [3.63, 3.8) is 0 Å².